The zero-order chi connectivity index (χ0) is 23.6. The van der Waals surface area contributed by atoms with Gasteiger partial charge in [-0.3, -0.25) is 14.4 Å². The number of carboxylic acids is 1. The fourth-order valence-electron chi connectivity index (χ4n) is 4.79. The van der Waals surface area contributed by atoms with Gasteiger partial charge >= 0.3 is 11.6 Å². The molecule has 0 radical (unpaired) electrons. The van der Waals surface area contributed by atoms with Crippen molar-refractivity contribution in [2.75, 3.05) is 13.1 Å². The molecule has 2 heterocycles. The molecule has 33 heavy (non-hydrogen) atoms. The van der Waals surface area contributed by atoms with Crippen LogP contribution < -0.4 is 21.0 Å². The van der Waals surface area contributed by atoms with Crippen molar-refractivity contribution in [1.82, 2.24) is 10.6 Å². The number of nitrogens with one attached hydrogen (secondary N) is 2. The molecule has 2 aromatic rings. The molecule has 1 aromatic carbocycles. The summed E-state index contributed by atoms with van der Waals surface area (Å²) in [5.74, 6) is -1.57. The van der Waals surface area contributed by atoms with E-state index in [0.29, 0.717) is 11.1 Å². The Bertz CT molecular complexity index is 1160. The summed E-state index contributed by atoms with van der Waals surface area (Å²) in [6.45, 7) is 0.869. The lowest BCUT2D eigenvalue weighted by Crippen LogP contribution is -2.41. The molecule has 2 aliphatic rings. The van der Waals surface area contributed by atoms with Crippen molar-refractivity contribution >= 4 is 28.8 Å². The molecule has 1 fully saturated rings. The maximum atomic E-state index is 12.6. The first-order valence-electron chi connectivity index (χ1n) is 11.3. The zero-order valence-electron chi connectivity index (χ0n) is 18.6. The summed E-state index contributed by atoms with van der Waals surface area (Å²) in [6.07, 6.45) is 7.31. The number of carbonyl (C=O) groups is 3. The van der Waals surface area contributed by atoms with Crippen molar-refractivity contribution in [1.29, 1.82) is 0 Å². The average molecular weight is 456 g/mol. The van der Waals surface area contributed by atoms with Gasteiger partial charge in [0.2, 0.25) is 11.8 Å². The molecule has 9 heteroatoms. The number of carboxylic acid groups (broad SMARTS) is 1. The first-order valence-corrected chi connectivity index (χ1v) is 11.3. The van der Waals surface area contributed by atoms with Gasteiger partial charge in [0.25, 0.3) is 0 Å². The molecule has 3 N–H and O–H groups in total. The third-order valence-corrected chi connectivity index (χ3v) is 6.63. The van der Waals surface area contributed by atoms with E-state index in [1.807, 2.05) is 6.07 Å². The van der Waals surface area contributed by atoms with Crippen LogP contribution in [-0.2, 0) is 27.2 Å². The number of fused-ring (bicyclic) bond motifs is 2. The molecule has 1 spiro atoms. The third kappa shape index (κ3) is 5.02. The van der Waals surface area contributed by atoms with E-state index in [4.69, 9.17) is 14.3 Å². The van der Waals surface area contributed by atoms with E-state index >= 15 is 0 Å². The van der Waals surface area contributed by atoms with Crippen molar-refractivity contribution in [3.05, 3.63) is 39.2 Å². The van der Waals surface area contributed by atoms with Crippen LogP contribution >= 0.6 is 0 Å². The van der Waals surface area contributed by atoms with Crippen molar-refractivity contribution < 1.29 is 28.6 Å². The summed E-state index contributed by atoms with van der Waals surface area (Å²) >= 11 is 0. The molecule has 4 rings (SSSR count). The molecule has 0 bridgehead atoms. The van der Waals surface area contributed by atoms with Crippen LogP contribution in [0.5, 0.6) is 5.75 Å². The minimum Gasteiger partial charge on any atom is -0.487 e. The summed E-state index contributed by atoms with van der Waals surface area (Å²) in [5, 5.41) is 13.9. The summed E-state index contributed by atoms with van der Waals surface area (Å²) in [5.41, 5.74) is 1.68. The SMILES string of the molecule is Cc1c(CC(=O)NCC(=O)NCC(=O)O)c(=O)oc2cc3c(cc12)CCC1(CCCCC1)O3. The summed E-state index contributed by atoms with van der Waals surface area (Å²) in [7, 11) is 0. The number of hydrogen-bond acceptors (Lipinski definition) is 6. The van der Waals surface area contributed by atoms with Crippen LogP contribution in [0.2, 0.25) is 0 Å². The number of ether oxygens (including phenoxy) is 1. The molecule has 0 saturated heterocycles. The van der Waals surface area contributed by atoms with Crippen LogP contribution in [0, 0.1) is 6.92 Å². The third-order valence-electron chi connectivity index (χ3n) is 6.63. The average Bonchev–Trinajstić information content (AvgIpc) is 2.78. The maximum absolute atomic E-state index is 12.6. The molecule has 2 amide bonds. The van der Waals surface area contributed by atoms with Crippen molar-refractivity contribution in [3.63, 3.8) is 0 Å². The summed E-state index contributed by atoms with van der Waals surface area (Å²) in [6, 6.07) is 3.78. The maximum Gasteiger partial charge on any atom is 0.340 e. The van der Waals surface area contributed by atoms with Crippen LogP contribution in [0.4, 0.5) is 0 Å². The number of carbonyl (C=O) groups excluding carboxylic acids is 2. The van der Waals surface area contributed by atoms with Gasteiger partial charge in [0, 0.05) is 11.5 Å². The lowest BCUT2D eigenvalue weighted by molar-refractivity contribution is -0.137. The van der Waals surface area contributed by atoms with Gasteiger partial charge in [0.15, 0.2) is 0 Å². The van der Waals surface area contributed by atoms with Crippen LogP contribution in [0.25, 0.3) is 11.0 Å². The second kappa shape index (κ2) is 9.25. The highest BCUT2D eigenvalue weighted by molar-refractivity contribution is 5.89. The topological polar surface area (TPSA) is 135 Å². The summed E-state index contributed by atoms with van der Waals surface area (Å²) in [4.78, 5) is 47.0. The summed E-state index contributed by atoms with van der Waals surface area (Å²) < 4.78 is 12.0. The number of amides is 2. The predicted octanol–water partition coefficient (Wildman–Crippen LogP) is 1.99. The predicted molar refractivity (Wildman–Crippen MR) is 119 cm³/mol. The molecule has 1 saturated carbocycles. The van der Waals surface area contributed by atoms with Crippen LogP contribution in [0.1, 0.15) is 55.2 Å². The zero-order valence-corrected chi connectivity index (χ0v) is 18.6. The molecule has 1 aromatic heterocycles. The minimum atomic E-state index is -1.18. The standard InChI is InChI=1S/C24H28N2O7/c1-14-16-9-15-5-8-24(6-3-2-4-7-24)33-18(15)11-19(16)32-23(31)17(14)10-20(27)25-12-21(28)26-13-22(29)30/h9,11H,2-8,10,12-13H2,1H3,(H,25,27)(H,26,28)(H,29,30). The Morgan fingerprint density at radius 1 is 1.03 bits per heavy atom. The van der Waals surface area contributed by atoms with Gasteiger partial charge in [-0.1, -0.05) is 6.42 Å². The fourth-order valence-corrected chi connectivity index (χ4v) is 4.79. The van der Waals surface area contributed by atoms with E-state index in [-0.39, 0.29) is 24.1 Å². The molecule has 0 unspecified atom stereocenters. The van der Waals surface area contributed by atoms with Gasteiger partial charge in [-0.05, 0) is 62.6 Å². The van der Waals surface area contributed by atoms with Gasteiger partial charge in [-0.25, -0.2) is 4.79 Å². The van der Waals surface area contributed by atoms with Crippen molar-refractivity contribution in [2.45, 2.75) is 63.9 Å². The molecular formula is C24H28N2O7. The van der Waals surface area contributed by atoms with Gasteiger partial charge in [-0.15, -0.1) is 0 Å². The van der Waals surface area contributed by atoms with Crippen LogP contribution in [0.3, 0.4) is 0 Å². The van der Waals surface area contributed by atoms with Crippen molar-refractivity contribution in [3.8, 4) is 5.75 Å². The number of rotatable bonds is 6. The van der Waals surface area contributed by atoms with E-state index in [2.05, 4.69) is 10.6 Å². The van der Waals surface area contributed by atoms with Gasteiger partial charge in [0.1, 0.15) is 23.5 Å². The molecule has 1 aliphatic carbocycles. The Morgan fingerprint density at radius 3 is 2.48 bits per heavy atom. The normalized spacial score (nSPS) is 16.6. The first-order chi connectivity index (χ1) is 15.8. The second-order valence-corrected chi connectivity index (χ2v) is 8.92. The minimum absolute atomic E-state index is 0.108. The Hall–Kier alpha value is -3.36. The lowest BCUT2D eigenvalue weighted by Gasteiger charge is -2.41. The van der Waals surface area contributed by atoms with Crippen LogP contribution in [0.15, 0.2) is 21.3 Å². The monoisotopic (exact) mass is 456 g/mol. The lowest BCUT2D eigenvalue weighted by atomic mass is 9.79. The molecular weight excluding hydrogens is 428 g/mol. The van der Waals surface area contributed by atoms with E-state index in [1.165, 1.54) is 19.3 Å². The van der Waals surface area contributed by atoms with E-state index in [0.717, 1.165) is 42.4 Å². The molecule has 0 atom stereocenters. The Balaban J connectivity index is 1.51. The van der Waals surface area contributed by atoms with E-state index < -0.39 is 30.0 Å². The Kier molecular flexibility index (Phi) is 6.40. The van der Waals surface area contributed by atoms with Crippen LogP contribution in [-0.4, -0.2) is 41.6 Å². The molecule has 176 valence electrons. The van der Waals surface area contributed by atoms with Gasteiger partial charge in [-0.2, -0.15) is 0 Å². The largest absolute Gasteiger partial charge is 0.487 e. The second-order valence-electron chi connectivity index (χ2n) is 8.92. The molecule has 9 nitrogen and oxygen atoms in total. The fraction of sp³-hybridized carbons (Fsp3) is 0.500. The number of benzene rings is 1. The Labute approximate surface area is 190 Å². The molecule has 1 aliphatic heterocycles. The number of aliphatic carboxylic acids is 1. The highest BCUT2D eigenvalue weighted by Crippen LogP contribution is 2.43. The van der Waals surface area contributed by atoms with Gasteiger partial charge < -0.3 is 24.9 Å². The quantitative estimate of drug-likeness (QED) is 0.566. The van der Waals surface area contributed by atoms with E-state index in [1.54, 1.807) is 13.0 Å². The Morgan fingerprint density at radius 2 is 1.76 bits per heavy atom. The highest BCUT2D eigenvalue weighted by atomic mass is 16.5. The first kappa shape index (κ1) is 22.8. The highest BCUT2D eigenvalue weighted by Gasteiger charge is 2.37. The smallest absolute Gasteiger partial charge is 0.340 e. The van der Waals surface area contributed by atoms with Crippen molar-refractivity contribution in [2.24, 2.45) is 0 Å². The number of hydrogen-bond donors (Lipinski definition) is 3. The van der Waals surface area contributed by atoms with E-state index in [9.17, 15) is 19.2 Å². The number of aryl methyl sites for hydroxylation is 2. The van der Waals surface area contributed by atoms with Gasteiger partial charge in [0.05, 0.1) is 18.5 Å².